The van der Waals surface area contributed by atoms with Crippen molar-refractivity contribution in [2.45, 2.75) is 20.4 Å². The van der Waals surface area contributed by atoms with Crippen molar-refractivity contribution in [2.24, 2.45) is 0 Å². The molecule has 2 aromatic rings. The van der Waals surface area contributed by atoms with E-state index in [1.807, 2.05) is 37.3 Å². The Hall–Kier alpha value is -2.36. The molecular weight excluding hydrogens is 240 g/mol. The van der Waals surface area contributed by atoms with Crippen molar-refractivity contribution in [2.75, 3.05) is 5.32 Å². The molecule has 2 rings (SSSR count). The van der Waals surface area contributed by atoms with Crippen molar-refractivity contribution in [3.8, 4) is 0 Å². The molecule has 0 bridgehead atoms. The standard InChI is InChI=1S/C15H16N2O2/c1-11-12(2)15(17(18)19)9-8-14(11)16-10-13-6-4-3-5-7-13/h3-9,16H,10H2,1-2H3. The van der Waals surface area contributed by atoms with E-state index in [-0.39, 0.29) is 10.6 Å². The van der Waals surface area contributed by atoms with E-state index in [1.54, 1.807) is 19.1 Å². The van der Waals surface area contributed by atoms with E-state index in [1.165, 1.54) is 5.56 Å². The van der Waals surface area contributed by atoms with Gasteiger partial charge in [0, 0.05) is 23.9 Å². The third-order valence-electron chi connectivity index (χ3n) is 3.28. The molecule has 0 heterocycles. The number of rotatable bonds is 4. The van der Waals surface area contributed by atoms with Crippen LogP contribution in [-0.2, 0) is 6.54 Å². The highest BCUT2D eigenvalue weighted by Gasteiger charge is 2.14. The molecule has 0 spiro atoms. The first-order valence-electron chi connectivity index (χ1n) is 6.12. The lowest BCUT2D eigenvalue weighted by Crippen LogP contribution is -2.03. The summed E-state index contributed by atoms with van der Waals surface area (Å²) < 4.78 is 0. The lowest BCUT2D eigenvalue weighted by Gasteiger charge is -2.11. The van der Waals surface area contributed by atoms with E-state index in [4.69, 9.17) is 0 Å². The van der Waals surface area contributed by atoms with E-state index < -0.39 is 0 Å². The van der Waals surface area contributed by atoms with E-state index in [9.17, 15) is 10.1 Å². The van der Waals surface area contributed by atoms with Crippen LogP contribution in [0.2, 0.25) is 0 Å². The predicted molar refractivity (Wildman–Crippen MR) is 76.3 cm³/mol. The van der Waals surface area contributed by atoms with Crippen molar-refractivity contribution in [3.63, 3.8) is 0 Å². The number of hydrogen-bond donors (Lipinski definition) is 1. The molecule has 0 radical (unpaired) electrons. The maximum Gasteiger partial charge on any atom is 0.272 e. The van der Waals surface area contributed by atoms with Crippen LogP contribution in [0.3, 0.4) is 0 Å². The second-order valence-corrected chi connectivity index (χ2v) is 4.48. The number of nitro groups is 1. The minimum Gasteiger partial charge on any atom is -0.381 e. The van der Waals surface area contributed by atoms with Gasteiger partial charge in [-0.05, 0) is 31.0 Å². The molecule has 0 aliphatic carbocycles. The third-order valence-corrected chi connectivity index (χ3v) is 3.28. The second kappa shape index (κ2) is 5.52. The first-order chi connectivity index (χ1) is 9.09. The molecule has 98 valence electrons. The number of nitro benzene ring substituents is 1. The number of nitrogens with one attached hydrogen (secondary N) is 1. The van der Waals surface area contributed by atoms with Gasteiger partial charge in [0.1, 0.15) is 0 Å². The first-order valence-corrected chi connectivity index (χ1v) is 6.12. The Bertz CT molecular complexity index is 595. The largest absolute Gasteiger partial charge is 0.381 e. The average molecular weight is 256 g/mol. The van der Waals surface area contributed by atoms with E-state index in [2.05, 4.69) is 5.32 Å². The normalized spacial score (nSPS) is 10.2. The monoisotopic (exact) mass is 256 g/mol. The first kappa shape index (κ1) is 13.1. The molecule has 0 aromatic heterocycles. The maximum atomic E-state index is 10.8. The van der Waals surface area contributed by atoms with Crippen LogP contribution in [-0.4, -0.2) is 4.92 Å². The Labute approximate surface area is 112 Å². The lowest BCUT2D eigenvalue weighted by atomic mass is 10.1. The third kappa shape index (κ3) is 2.91. The van der Waals surface area contributed by atoms with Gasteiger partial charge in [-0.2, -0.15) is 0 Å². The van der Waals surface area contributed by atoms with Crippen LogP contribution in [0.1, 0.15) is 16.7 Å². The zero-order chi connectivity index (χ0) is 13.8. The molecule has 0 unspecified atom stereocenters. The molecule has 19 heavy (non-hydrogen) atoms. The molecule has 4 nitrogen and oxygen atoms in total. The van der Waals surface area contributed by atoms with Gasteiger partial charge in [0.25, 0.3) is 5.69 Å². The summed E-state index contributed by atoms with van der Waals surface area (Å²) in [6.07, 6.45) is 0. The van der Waals surface area contributed by atoms with Crippen molar-refractivity contribution in [1.29, 1.82) is 0 Å². The SMILES string of the molecule is Cc1c(NCc2ccccc2)ccc([N+](=O)[O-])c1C. The fourth-order valence-electron chi connectivity index (χ4n) is 1.99. The van der Waals surface area contributed by atoms with Crippen LogP contribution in [0, 0.1) is 24.0 Å². The summed E-state index contributed by atoms with van der Waals surface area (Å²) in [5.41, 5.74) is 3.92. The number of hydrogen-bond acceptors (Lipinski definition) is 3. The lowest BCUT2D eigenvalue weighted by molar-refractivity contribution is -0.385. The van der Waals surface area contributed by atoms with E-state index >= 15 is 0 Å². The van der Waals surface area contributed by atoms with Crippen LogP contribution in [0.4, 0.5) is 11.4 Å². The molecule has 0 aliphatic heterocycles. The van der Waals surface area contributed by atoms with Crippen LogP contribution < -0.4 is 5.32 Å². The van der Waals surface area contributed by atoms with Gasteiger partial charge in [-0.15, -0.1) is 0 Å². The van der Waals surface area contributed by atoms with Crippen LogP contribution in [0.25, 0.3) is 0 Å². The maximum absolute atomic E-state index is 10.8. The van der Waals surface area contributed by atoms with Crippen LogP contribution in [0.5, 0.6) is 0 Å². The zero-order valence-corrected chi connectivity index (χ0v) is 11.0. The van der Waals surface area contributed by atoms with Crippen molar-refractivity contribution in [3.05, 3.63) is 69.3 Å². The topological polar surface area (TPSA) is 55.2 Å². The summed E-state index contributed by atoms with van der Waals surface area (Å²) >= 11 is 0. The van der Waals surface area contributed by atoms with Gasteiger partial charge in [0.2, 0.25) is 0 Å². The molecule has 4 heteroatoms. The Morgan fingerprint density at radius 2 is 1.74 bits per heavy atom. The van der Waals surface area contributed by atoms with Gasteiger partial charge in [-0.3, -0.25) is 10.1 Å². The molecule has 0 aliphatic rings. The highest BCUT2D eigenvalue weighted by atomic mass is 16.6. The van der Waals surface area contributed by atoms with E-state index in [0.717, 1.165) is 11.3 Å². The minimum atomic E-state index is -0.344. The number of benzene rings is 2. The molecule has 0 amide bonds. The summed E-state index contributed by atoms with van der Waals surface area (Å²) in [7, 11) is 0. The summed E-state index contributed by atoms with van der Waals surface area (Å²) in [5.74, 6) is 0. The minimum absolute atomic E-state index is 0.169. The summed E-state index contributed by atoms with van der Waals surface area (Å²) in [6, 6.07) is 13.4. The Balaban J connectivity index is 2.18. The summed E-state index contributed by atoms with van der Waals surface area (Å²) in [5, 5.41) is 14.2. The van der Waals surface area contributed by atoms with Gasteiger partial charge in [0.05, 0.1) is 4.92 Å². The van der Waals surface area contributed by atoms with Gasteiger partial charge in [0.15, 0.2) is 0 Å². The second-order valence-electron chi connectivity index (χ2n) is 4.48. The zero-order valence-electron chi connectivity index (χ0n) is 11.0. The quantitative estimate of drug-likeness (QED) is 0.668. The molecule has 0 saturated carbocycles. The molecular formula is C15H16N2O2. The average Bonchev–Trinajstić information content (AvgIpc) is 2.41. The number of nitrogens with zero attached hydrogens (tertiary/aromatic N) is 1. The van der Waals surface area contributed by atoms with Crippen LogP contribution >= 0.6 is 0 Å². The molecule has 2 aromatic carbocycles. The highest BCUT2D eigenvalue weighted by molar-refractivity contribution is 5.60. The predicted octanol–water partition coefficient (Wildman–Crippen LogP) is 3.82. The fourth-order valence-corrected chi connectivity index (χ4v) is 1.99. The van der Waals surface area contributed by atoms with Crippen molar-refractivity contribution >= 4 is 11.4 Å². The molecule has 0 atom stereocenters. The Kier molecular flexibility index (Phi) is 3.80. The smallest absolute Gasteiger partial charge is 0.272 e. The highest BCUT2D eigenvalue weighted by Crippen LogP contribution is 2.27. The summed E-state index contributed by atoms with van der Waals surface area (Å²) in [4.78, 5) is 10.5. The fraction of sp³-hybridized carbons (Fsp3) is 0.200. The van der Waals surface area contributed by atoms with Gasteiger partial charge in [-0.1, -0.05) is 30.3 Å². The molecule has 0 saturated heterocycles. The Morgan fingerprint density at radius 1 is 1.05 bits per heavy atom. The van der Waals surface area contributed by atoms with Crippen molar-refractivity contribution < 1.29 is 4.92 Å². The van der Waals surface area contributed by atoms with Crippen LogP contribution in [0.15, 0.2) is 42.5 Å². The molecule has 1 N–H and O–H groups in total. The molecule has 0 fully saturated rings. The van der Waals surface area contributed by atoms with Gasteiger partial charge < -0.3 is 5.32 Å². The van der Waals surface area contributed by atoms with E-state index in [0.29, 0.717) is 12.1 Å². The summed E-state index contributed by atoms with van der Waals surface area (Å²) in [6.45, 7) is 4.38. The number of anilines is 1. The Morgan fingerprint density at radius 3 is 2.37 bits per heavy atom. The van der Waals surface area contributed by atoms with Gasteiger partial charge in [-0.25, -0.2) is 0 Å². The van der Waals surface area contributed by atoms with Crippen molar-refractivity contribution in [1.82, 2.24) is 0 Å². The van der Waals surface area contributed by atoms with Gasteiger partial charge >= 0.3 is 0 Å².